The van der Waals surface area contributed by atoms with Crippen molar-refractivity contribution >= 4 is 12.0 Å². The Labute approximate surface area is 120 Å². The van der Waals surface area contributed by atoms with Crippen LogP contribution in [0.2, 0.25) is 0 Å². The highest BCUT2D eigenvalue weighted by atomic mass is 16.4. The van der Waals surface area contributed by atoms with Gasteiger partial charge in [-0.15, -0.1) is 0 Å². The first kappa shape index (κ1) is 15.1. The largest absolute Gasteiger partial charge is 0.481 e. The summed E-state index contributed by atoms with van der Waals surface area (Å²) < 4.78 is 0. The van der Waals surface area contributed by atoms with Gasteiger partial charge in [-0.2, -0.15) is 0 Å². The van der Waals surface area contributed by atoms with Gasteiger partial charge in [-0.1, -0.05) is 26.2 Å². The molecule has 1 aliphatic carbocycles. The first-order valence-corrected chi connectivity index (χ1v) is 7.83. The number of aliphatic carboxylic acids is 1. The Kier molecular flexibility index (Phi) is 4.89. The molecule has 0 aromatic carbocycles. The Morgan fingerprint density at radius 2 is 2.10 bits per heavy atom. The zero-order valence-electron chi connectivity index (χ0n) is 12.4. The number of carbonyl (C=O) groups excluding carboxylic acids is 1. The molecule has 5 heteroatoms. The van der Waals surface area contributed by atoms with Gasteiger partial charge in [0.2, 0.25) is 0 Å². The lowest BCUT2D eigenvalue weighted by molar-refractivity contribution is -0.152. The molecule has 0 radical (unpaired) electrons. The normalized spacial score (nSPS) is 26.9. The van der Waals surface area contributed by atoms with Crippen LogP contribution in [0.3, 0.4) is 0 Å². The molecule has 1 aliphatic heterocycles. The minimum Gasteiger partial charge on any atom is -0.481 e. The summed E-state index contributed by atoms with van der Waals surface area (Å²) in [4.78, 5) is 25.3. The maximum atomic E-state index is 12.1. The molecule has 0 bridgehead atoms. The van der Waals surface area contributed by atoms with Crippen molar-refractivity contribution in [3.05, 3.63) is 0 Å². The molecule has 1 saturated heterocycles. The van der Waals surface area contributed by atoms with E-state index in [-0.39, 0.29) is 6.03 Å². The molecule has 2 fully saturated rings. The van der Waals surface area contributed by atoms with Gasteiger partial charge in [-0.25, -0.2) is 4.79 Å². The monoisotopic (exact) mass is 282 g/mol. The summed E-state index contributed by atoms with van der Waals surface area (Å²) in [6.07, 6.45) is 6.98. The molecule has 2 aliphatic rings. The van der Waals surface area contributed by atoms with E-state index in [0.717, 1.165) is 18.8 Å². The van der Waals surface area contributed by atoms with Gasteiger partial charge in [0.05, 0.1) is 5.41 Å². The van der Waals surface area contributed by atoms with Crippen LogP contribution in [0.1, 0.15) is 51.9 Å². The first-order valence-electron chi connectivity index (χ1n) is 7.83. The average Bonchev–Trinajstić information content (AvgIpc) is 2.41. The van der Waals surface area contributed by atoms with Crippen LogP contribution >= 0.6 is 0 Å². The van der Waals surface area contributed by atoms with Gasteiger partial charge in [-0.05, 0) is 31.6 Å². The molecule has 1 unspecified atom stereocenters. The molecule has 0 aromatic heterocycles. The quantitative estimate of drug-likeness (QED) is 0.814. The maximum Gasteiger partial charge on any atom is 0.317 e. The van der Waals surface area contributed by atoms with Crippen molar-refractivity contribution in [3.63, 3.8) is 0 Å². The van der Waals surface area contributed by atoms with Crippen LogP contribution in [0.5, 0.6) is 0 Å². The highest BCUT2D eigenvalue weighted by Gasteiger charge is 2.42. The summed E-state index contributed by atoms with van der Waals surface area (Å²) in [6.45, 7) is 3.62. The number of hydrogen-bond acceptors (Lipinski definition) is 2. The second-order valence-electron chi connectivity index (χ2n) is 6.28. The number of carboxylic acids is 1. The van der Waals surface area contributed by atoms with Gasteiger partial charge in [0.15, 0.2) is 0 Å². The Morgan fingerprint density at radius 3 is 2.65 bits per heavy atom. The Morgan fingerprint density at radius 1 is 1.35 bits per heavy atom. The zero-order chi connectivity index (χ0) is 14.6. The van der Waals surface area contributed by atoms with Crippen LogP contribution in [0.15, 0.2) is 0 Å². The summed E-state index contributed by atoms with van der Waals surface area (Å²) in [5.41, 5.74) is -0.746. The first-order chi connectivity index (χ1) is 9.57. The minimum atomic E-state index is -0.771. The highest BCUT2D eigenvalue weighted by Crippen LogP contribution is 2.33. The van der Waals surface area contributed by atoms with Gasteiger partial charge in [0.25, 0.3) is 0 Å². The Hall–Kier alpha value is -1.26. The van der Waals surface area contributed by atoms with Gasteiger partial charge in [0.1, 0.15) is 0 Å². The summed E-state index contributed by atoms with van der Waals surface area (Å²) in [6, 6.07) is -0.0944. The third-order valence-corrected chi connectivity index (χ3v) is 5.05. The Bertz CT molecular complexity index is 368. The van der Waals surface area contributed by atoms with Crippen LogP contribution in [-0.2, 0) is 4.79 Å². The number of hydrogen-bond donors (Lipinski definition) is 2. The fourth-order valence-corrected chi connectivity index (χ4v) is 3.20. The minimum absolute atomic E-state index is 0.0944. The van der Waals surface area contributed by atoms with Crippen molar-refractivity contribution in [1.82, 2.24) is 10.2 Å². The molecule has 114 valence electrons. The molecule has 0 spiro atoms. The van der Waals surface area contributed by atoms with E-state index in [1.807, 2.05) is 6.92 Å². The van der Waals surface area contributed by atoms with E-state index in [4.69, 9.17) is 0 Å². The second kappa shape index (κ2) is 6.46. The van der Waals surface area contributed by atoms with Crippen molar-refractivity contribution in [2.75, 3.05) is 19.6 Å². The molecule has 1 heterocycles. The predicted molar refractivity (Wildman–Crippen MR) is 76.5 cm³/mol. The summed E-state index contributed by atoms with van der Waals surface area (Å²) in [5.74, 6) is 0.0115. The lowest BCUT2D eigenvalue weighted by Gasteiger charge is -2.39. The van der Waals surface area contributed by atoms with Gasteiger partial charge in [-0.3, -0.25) is 4.79 Å². The number of urea groups is 1. The lowest BCUT2D eigenvalue weighted by Crippen LogP contribution is -2.52. The van der Waals surface area contributed by atoms with E-state index >= 15 is 0 Å². The molecule has 2 amide bonds. The number of nitrogens with one attached hydrogen (secondary N) is 1. The zero-order valence-corrected chi connectivity index (χ0v) is 12.4. The molecule has 1 atom stereocenters. The van der Waals surface area contributed by atoms with Crippen LogP contribution in [0.4, 0.5) is 4.79 Å². The number of nitrogens with zero attached hydrogens (tertiary/aromatic N) is 1. The summed E-state index contributed by atoms with van der Waals surface area (Å²) in [7, 11) is 0. The van der Waals surface area contributed by atoms with Gasteiger partial charge < -0.3 is 15.3 Å². The van der Waals surface area contributed by atoms with Crippen molar-refractivity contribution in [3.8, 4) is 0 Å². The molecule has 0 aromatic rings. The smallest absolute Gasteiger partial charge is 0.317 e. The van der Waals surface area contributed by atoms with E-state index < -0.39 is 11.4 Å². The second-order valence-corrected chi connectivity index (χ2v) is 6.28. The van der Waals surface area contributed by atoms with Crippen molar-refractivity contribution in [2.45, 2.75) is 51.9 Å². The molecular formula is C15H26N2O3. The van der Waals surface area contributed by atoms with Crippen LogP contribution in [-0.4, -0.2) is 41.6 Å². The third-order valence-electron chi connectivity index (χ3n) is 5.05. The standard InChI is InChI=1S/C15H26N2O3/c1-2-15(13(18)19)8-4-10-17(11-15)14(20)16-9-7-12-5-3-6-12/h12H,2-11H2,1H3,(H,16,20)(H,18,19). The lowest BCUT2D eigenvalue weighted by atomic mass is 9.78. The van der Waals surface area contributed by atoms with Crippen molar-refractivity contribution in [1.29, 1.82) is 0 Å². The third kappa shape index (κ3) is 3.25. The molecule has 5 nitrogen and oxygen atoms in total. The highest BCUT2D eigenvalue weighted by molar-refractivity contribution is 5.78. The fraction of sp³-hybridized carbons (Fsp3) is 0.867. The molecule has 1 saturated carbocycles. The number of likely N-dealkylation sites (tertiary alicyclic amines) is 1. The SMILES string of the molecule is CCC1(C(=O)O)CCCN(C(=O)NCCC2CCC2)C1. The maximum absolute atomic E-state index is 12.1. The van der Waals surface area contributed by atoms with Crippen LogP contribution in [0, 0.1) is 11.3 Å². The summed E-state index contributed by atoms with van der Waals surface area (Å²) in [5, 5.41) is 12.4. The van der Waals surface area contributed by atoms with E-state index in [9.17, 15) is 14.7 Å². The predicted octanol–water partition coefficient (Wildman–Crippen LogP) is 2.46. The number of carboxylic acid groups (broad SMARTS) is 1. The van der Waals surface area contributed by atoms with Crippen molar-refractivity contribution < 1.29 is 14.7 Å². The van der Waals surface area contributed by atoms with Crippen molar-refractivity contribution in [2.24, 2.45) is 11.3 Å². The number of amides is 2. The van der Waals surface area contributed by atoms with E-state index in [2.05, 4.69) is 5.32 Å². The molecule has 2 N–H and O–H groups in total. The number of piperidine rings is 1. The van der Waals surface area contributed by atoms with E-state index in [1.54, 1.807) is 4.90 Å². The van der Waals surface area contributed by atoms with E-state index in [0.29, 0.717) is 32.5 Å². The molecular weight excluding hydrogens is 256 g/mol. The fourth-order valence-electron chi connectivity index (χ4n) is 3.20. The average molecular weight is 282 g/mol. The van der Waals surface area contributed by atoms with Crippen LogP contribution < -0.4 is 5.32 Å². The Balaban J connectivity index is 1.81. The van der Waals surface area contributed by atoms with Crippen LogP contribution in [0.25, 0.3) is 0 Å². The van der Waals surface area contributed by atoms with E-state index in [1.165, 1.54) is 19.3 Å². The topological polar surface area (TPSA) is 69.6 Å². The number of carbonyl (C=O) groups is 2. The molecule has 20 heavy (non-hydrogen) atoms. The van der Waals surface area contributed by atoms with Gasteiger partial charge >= 0.3 is 12.0 Å². The number of rotatable bonds is 5. The summed E-state index contributed by atoms with van der Waals surface area (Å²) >= 11 is 0. The van der Waals surface area contributed by atoms with Gasteiger partial charge in [0, 0.05) is 19.6 Å². The molecule has 2 rings (SSSR count).